The Kier molecular flexibility index (Phi) is 7.52. The van der Waals surface area contributed by atoms with Crippen molar-refractivity contribution in [2.45, 2.75) is 6.42 Å². The van der Waals surface area contributed by atoms with E-state index in [1.807, 2.05) is 18.2 Å². The Morgan fingerprint density at radius 3 is 2.33 bits per heavy atom. The molecule has 0 aliphatic carbocycles. The molecule has 162 valence electrons. The molecule has 0 bridgehead atoms. The summed E-state index contributed by atoms with van der Waals surface area (Å²) in [4.78, 5) is 14.2. The fourth-order valence-corrected chi connectivity index (χ4v) is 4.66. The Balaban J connectivity index is 1.41. The zero-order valence-electron chi connectivity index (χ0n) is 16.6. The lowest BCUT2D eigenvalue weighted by molar-refractivity contribution is 0.0955. The molecule has 1 saturated heterocycles. The van der Waals surface area contributed by atoms with Crippen LogP contribution in [0.15, 0.2) is 48.5 Å². The number of rotatable bonds is 8. The number of halogens is 2. The number of sulfonamides is 1. The van der Waals surface area contributed by atoms with Gasteiger partial charge in [0.2, 0.25) is 10.0 Å². The molecule has 0 radical (unpaired) electrons. The average molecular weight is 438 g/mol. The summed E-state index contributed by atoms with van der Waals surface area (Å²) < 4.78 is 52.7. The molecule has 0 aromatic heterocycles. The van der Waals surface area contributed by atoms with Crippen molar-refractivity contribution in [1.29, 1.82) is 0 Å². The molecule has 2 aromatic rings. The van der Waals surface area contributed by atoms with E-state index in [0.717, 1.165) is 31.2 Å². The third-order valence-corrected chi connectivity index (χ3v) is 6.98. The van der Waals surface area contributed by atoms with E-state index >= 15 is 0 Å². The van der Waals surface area contributed by atoms with Crippen LogP contribution in [0.5, 0.6) is 0 Å². The van der Waals surface area contributed by atoms with Gasteiger partial charge < -0.3 is 10.2 Å². The average Bonchev–Trinajstić information content (AvgIpc) is 2.75. The van der Waals surface area contributed by atoms with Crippen LogP contribution in [0.1, 0.15) is 15.9 Å². The first-order chi connectivity index (χ1) is 14.3. The van der Waals surface area contributed by atoms with Gasteiger partial charge in [0.1, 0.15) is 0 Å². The largest absolute Gasteiger partial charge is 0.351 e. The van der Waals surface area contributed by atoms with Crippen molar-refractivity contribution in [3.8, 4) is 0 Å². The molecule has 2 aromatic carbocycles. The fraction of sp³-hybridized carbons (Fsp3) is 0.381. The normalized spacial score (nSPS) is 15.8. The van der Waals surface area contributed by atoms with Crippen LogP contribution < -0.4 is 5.32 Å². The minimum absolute atomic E-state index is 0.0571. The monoisotopic (exact) mass is 437 g/mol. The van der Waals surface area contributed by atoms with Crippen molar-refractivity contribution in [3.05, 3.63) is 71.3 Å². The predicted octanol–water partition coefficient (Wildman–Crippen LogP) is 1.88. The van der Waals surface area contributed by atoms with E-state index in [0.29, 0.717) is 26.2 Å². The summed E-state index contributed by atoms with van der Waals surface area (Å²) in [6, 6.07) is 12.9. The van der Waals surface area contributed by atoms with Gasteiger partial charge in [-0.1, -0.05) is 30.3 Å². The highest BCUT2D eigenvalue weighted by atomic mass is 32.2. The van der Waals surface area contributed by atoms with Crippen molar-refractivity contribution >= 4 is 15.9 Å². The minimum Gasteiger partial charge on any atom is -0.351 e. The Morgan fingerprint density at radius 2 is 1.67 bits per heavy atom. The van der Waals surface area contributed by atoms with Gasteiger partial charge in [-0.25, -0.2) is 17.2 Å². The summed E-state index contributed by atoms with van der Waals surface area (Å²) in [5.41, 5.74) is 1.20. The number of carbonyl (C=O) groups excluding carboxylic acids is 1. The van der Waals surface area contributed by atoms with Gasteiger partial charge in [0.15, 0.2) is 11.6 Å². The fourth-order valence-electron chi connectivity index (χ4n) is 3.33. The van der Waals surface area contributed by atoms with Gasteiger partial charge >= 0.3 is 0 Å². The molecule has 0 unspecified atom stereocenters. The first-order valence-electron chi connectivity index (χ1n) is 9.82. The molecule has 0 atom stereocenters. The third kappa shape index (κ3) is 6.07. The van der Waals surface area contributed by atoms with Gasteiger partial charge in [-0.05, 0) is 30.2 Å². The second-order valence-electron chi connectivity index (χ2n) is 7.18. The number of amides is 1. The Labute approximate surface area is 175 Å². The Hall–Kier alpha value is -2.36. The number of nitrogens with one attached hydrogen (secondary N) is 1. The van der Waals surface area contributed by atoms with E-state index in [2.05, 4.69) is 22.3 Å². The van der Waals surface area contributed by atoms with E-state index in [1.54, 1.807) is 0 Å². The van der Waals surface area contributed by atoms with E-state index in [9.17, 15) is 22.0 Å². The molecule has 1 amide bonds. The van der Waals surface area contributed by atoms with Gasteiger partial charge in [0, 0.05) is 44.8 Å². The SMILES string of the molecule is O=C(NCCS(=O)(=O)N1CCN(CCc2ccccc2)CC1)c1ccc(F)c(F)c1. The van der Waals surface area contributed by atoms with Crippen LogP contribution in [-0.2, 0) is 16.4 Å². The second-order valence-corrected chi connectivity index (χ2v) is 9.27. The molecular weight excluding hydrogens is 412 g/mol. The topological polar surface area (TPSA) is 69.7 Å². The molecule has 1 aliphatic rings. The zero-order valence-corrected chi connectivity index (χ0v) is 17.4. The summed E-state index contributed by atoms with van der Waals surface area (Å²) in [5, 5.41) is 2.44. The Morgan fingerprint density at radius 1 is 0.967 bits per heavy atom. The number of hydrogen-bond donors (Lipinski definition) is 1. The second kappa shape index (κ2) is 10.1. The molecule has 0 saturated carbocycles. The highest BCUT2D eigenvalue weighted by molar-refractivity contribution is 7.89. The van der Waals surface area contributed by atoms with E-state index in [1.165, 1.54) is 9.87 Å². The van der Waals surface area contributed by atoms with Crippen LogP contribution in [0.4, 0.5) is 8.78 Å². The van der Waals surface area contributed by atoms with Gasteiger partial charge in [-0.3, -0.25) is 4.79 Å². The summed E-state index contributed by atoms with van der Waals surface area (Å²) in [5.74, 6) is -3.06. The predicted molar refractivity (Wildman–Crippen MR) is 111 cm³/mol. The third-order valence-electron chi connectivity index (χ3n) is 5.11. The highest BCUT2D eigenvalue weighted by Gasteiger charge is 2.26. The summed E-state index contributed by atoms with van der Waals surface area (Å²) >= 11 is 0. The quantitative estimate of drug-likeness (QED) is 0.685. The van der Waals surface area contributed by atoms with Crippen molar-refractivity contribution in [1.82, 2.24) is 14.5 Å². The number of benzene rings is 2. The Bertz CT molecular complexity index is 963. The summed E-state index contributed by atoms with van der Waals surface area (Å²) in [6.45, 7) is 2.92. The molecular formula is C21H25F2N3O3S. The lowest BCUT2D eigenvalue weighted by atomic mass is 10.1. The number of piperazine rings is 1. The molecule has 0 spiro atoms. The number of nitrogens with zero attached hydrogens (tertiary/aromatic N) is 2. The molecule has 3 rings (SSSR count). The smallest absolute Gasteiger partial charge is 0.251 e. The van der Waals surface area contributed by atoms with Crippen molar-refractivity contribution in [3.63, 3.8) is 0 Å². The molecule has 1 heterocycles. The molecule has 6 nitrogen and oxygen atoms in total. The molecule has 9 heteroatoms. The molecule has 1 N–H and O–H groups in total. The first kappa shape index (κ1) is 22.3. The van der Waals surface area contributed by atoms with Crippen LogP contribution in [-0.4, -0.2) is 68.6 Å². The zero-order chi connectivity index (χ0) is 21.6. The van der Waals surface area contributed by atoms with Crippen molar-refractivity contribution in [2.24, 2.45) is 0 Å². The first-order valence-corrected chi connectivity index (χ1v) is 11.4. The van der Waals surface area contributed by atoms with Crippen molar-refractivity contribution in [2.75, 3.05) is 45.0 Å². The van der Waals surface area contributed by atoms with E-state index in [4.69, 9.17) is 0 Å². The van der Waals surface area contributed by atoms with E-state index < -0.39 is 27.6 Å². The molecule has 30 heavy (non-hydrogen) atoms. The lowest BCUT2D eigenvalue weighted by Crippen LogP contribution is -2.50. The number of carbonyl (C=O) groups is 1. The molecule has 1 aliphatic heterocycles. The molecule has 1 fully saturated rings. The lowest BCUT2D eigenvalue weighted by Gasteiger charge is -2.34. The highest BCUT2D eigenvalue weighted by Crippen LogP contribution is 2.11. The van der Waals surface area contributed by atoms with Gasteiger partial charge in [-0.15, -0.1) is 0 Å². The van der Waals surface area contributed by atoms with Crippen molar-refractivity contribution < 1.29 is 22.0 Å². The van der Waals surface area contributed by atoms with Gasteiger partial charge in [0.25, 0.3) is 5.91 Å². The number of hydrogen-bond acceptors (Lipinski definition) is 4. The summed E-state index contributed by atoms with van der Waals surface area (Å²) in [6.07, 6.45) is 0.920. The maximum absolute atomic E-state index is 13.2. The minimum atomic E-state index is -3.51. The van der Waals surface area contributed by atoms with Crippen LogP contribution in [0.3, 0.4) is 0 Å². The van der Waals surface area contributed by atoms with Crippen LogP contribution in [0, 0.1) is 11.6 Å². The van der Waals surface area contributed by atoms with E-state index in [-0.39, 0.29) is 17.9 Å². The van der Waals surface area contributed by atoms with Crippen LogP contribution >= 0.6 is 0 Å². The maximum atomic E-state index is 13.2. The van der Waals surface area contributed by atoms with Crippen LogP contribution in [0.25, 0.3) is 0 Å². The van der Waals surface area contributed by atoms with Gasteiger partial charge in [0.05, 0.1) is 5.75 Å². The van der Waals surface area contributed by atoms with Gasteiger partial charge in [-0.2, -0.15) is 4.31 Å². The maximum Gasteiger partial charge on any atom is 0.251 e. The van der Waals surface area contributed by atoms with Crippen LogP contribution in [0.2, 0.25) is 0 Å². The summed E-state index contributed by atoms with van der Waals surface area (Å²) in [7, 11) is -3.51. The standard InChI is InChI=1S/C21H25F2N3O3S/c22-19-7-6-18(16-20(19)23)21(27)24-9-15-30(28,29)26-13-11-25(12-14-26)10-8-17-4-2-1-3-5-17/h1-7,16H,8-15H2,(H,24,27).